The van der Waals surface area contributed by atoms with Crippen molar-refractivity contribution in [2.24, 2.45) is 0 Å². The molecule has 10 heteroatoms. The molecule has 1 fully saturated rings. The van der Waals surface area contributed by atoms with Gasteiger partial charge in [0, 0.05) is 35.4 Å². The maximum atomic E-state index is 11.7. The van der Waals surface area contributed by atoms with E-state index in [0.717, 1.165) is 71.4 Å². The van der Waals surface area contributed by atoms with Gasteiger partial charge in [-0.05, 0) is 67.9 Å². The Kier molecular flexibility index (Phi) is 6.56. The fourth-order valence-corrected chi connectivity index (χ4v) is 4.91. The topological polar surface area (TPSA) is 124 Å². The highest BCUT2D eigenvalue weighted by molar-refractivity contribution is 7.92. The Morgan fingerprint density at radius 3 is 2.66 bits per heavy atom. The molecule has 35 heavy (non-hydrogen) atoms. The predicted octanol–water partition coefficient (Wildman–Crippen LogP) is 3.77. The molecule has 0 radical (unpaired) electrons. The zero-order valence-corrected chi connectivity index (χ0v) is 20.3. The first-order valence-corrected chi connectivity index (χ1v) is 13.6. The molecule has 0 atom stereocenters. The van der Waals surface area contributed by atoms with Gasteiger partial charge in [0.2, 0.25) is 10.0 Å². The summed E-state index contributed by atoms with van der Waals surface area (Å²) in [6.07, 6.45) is 5.19. The molecule has 182 valence electrons. The lowest BCUT2D eigenvalue weighted by atomic mass is 10.1. The van der Waals surface area contributed by atoms with Crippen molar-refractivity contribution in [3.63, 3.8) is 0 Å². The average Bonchev–Trinajstić information content (AvgIpc) is 3.27. The summed E-state index contributed by atoms with van der Waals surface area (Å²) in [5.41, 5.74) is 5.03. The van der Waals surface area contributed by atoms with E-state index in [1.165, 1.54) is 0 Å². The van der Waals surface area contributed by atoms with E-state index in [9.17, 15) is 8.42 Å². The van der Waals surface area contributed by atoms with Crippen molar-refractivity contribution in [1.82, 2.24) is 20.5 Å². The number of para-hydroxylation sites is 1. The van der Waals surface area contributed by atoms with Gasteiger partial charge in [0.15, 0.2) is 0 Å². The minimum absolute atomic E-state index is 0.451. The first-order chi connectivity index (χ1) is 16.9. The van der Waals surface area contributed by atoms with Crippen molar-refractivity contribution in [2.45, 2.75) is 25.4 Å². The van der Waals surface area contributed by atoms with Crippen molar-refractivity contribution in [1.29, 1.82) is 0 Å². The number of hydrogen-bond donors (Lipinski definition) is 5. The minimum atomic E-state index is -3.36. The van der Waals surface area contributed by atoms with Crippen LogP contribution in [0.5, 0.6) is 0 Å². The summed E-state index contributed by atoms with van der Waals surface area (Å²) in [4.78, 5) is 4.62. The van der Waals surface area contributed by atoms with Crippen LogP contribution in [0.3, 0.4) is 0 Å². The predicted molar refractivity (Wildman–Crippen MR) is 141 cm³/mol. The quantitative estimate of drug-likeness (QED) is 0.254. The normalized spacial score (nSPS) is 14.7. The first-order valence-electron chi connectivity index (χ1n) is 11.7. The highest BCUT2D eigenvalue weighted by atomic mass is 32.2. The van der Waals surface area contributed by atoms with E-state index in [4.69, 9.17) is 0 Å². The molecule has 0 aliphatic carbocycles. The number of aromatic amines is 1. The van der Waals surface area contributed by atoms with Crippen LogP contribution in [0, 0.1) is 0 Å². The number of benzene rings is 2. The van der Waals surface area contributed by atoms with Crippen LogP contribution in [0.25, 0.3) is 22.2 Å². The Morgan fingerprint density at radius 2 is 1.89 bits per heavy atom. The second-order valence-corrected chi connectivity index (χ2v) is 10.6. The van der Waals surface area contributed by atoms with Gasteiger partial charge in [-0.2, -0.15) is 5.10 Å². The minimum Gasteiger partial charge on any atom is -0.381 e. The van der Waals surface area contributed by atoms with Crippen molar-refractivity contribution in [2.75, 3.05) is 34.7 Å². The fourth-order valence-electron chi connectivity index (χ4n) is 4.31. The van der Waals surface area contributed by atoms with Crippen LogP contribution in [-0.2, 0) is 16.6 Å². The third kappa shape index (κ3) is 5.72. The van der Waals surface area contributed by atoms with Crippen LogP contribution in [0.15, 0.2) is 60.8 Å². The summed E-state index contributed by atoms with van der Waals surface area (Å²) in [6, 6.07) is 17.8. The smallest absolute Gasteiger partial charge is 0.229 e. The summed E-state index contributed by atoms with van der Waals surface area (Å²) in [5, 5.41) is 18.9. The Labute approximate surface area is 204 Å². The molecule has 0 spiro atoms. The van der Waals surface area contributed by atoms with Crippen molar-refractivity contribution in [3.8, 4) is 11.3 Å². The fraction of sp³-hybridized carbons (Fsp3) is 0.280. The maximum absolute atomic E-state index is 11.7. The molecule has 5 rings (SSSR count). The van der Waals surface area contributed by atoms with Gasteiger partial charge in [0.1, 0.15) is 11.5 Å². The zero-order chi connectivity index (χ0) is 24.3. The molecule has 5 N–H and O–H groups in total. The summed E-state index contributed by atoms with van der Waals surface area (Å²) in [5.74, 6) is 0.879. The van der Waals surface area contributed by atoms with E-state index in [1.54, 1.807) is 6.07 Å². The summed E-state index contributed by atoms with van der Waals surface area (Å²) >= 11 is 0. The zero-order valence-electron chi connectivity index (χ0n) is 19.5. The van der Waals surface area contributed by atoms with Crippen molar-refractivity contribution < 1.29 is 8.42 Å². The molecule has 0 saturated carbocycles. The molecule has 4 aromatic rings. The second-order valence-electron chi connectivity index (χ2n) is 8.82. The number of aromatic nitrogens is 3. The molecule has 9 nitrogen and oxygen atoms in total. The van der Waals surface area contributed by atoms with Gasteiger partial charge in [0.05, 0.1) is 17.5 Å². The summed E-state index contributed by atoms with van der Waals surface area (Å²) < 4.78 is 25.9. The summed E-state index contributed by atoms with van der Waals surface area (Å²) in [7, 11) is -3.36. The molecule has 2 aromatic heterocycles. The lowest BCUT2D eigenvalue weighted by Gasteiger charge is -2.24. The Balaban J connectivity index is 1.32. The number of piperidine rings is 1. The van der Waals surface area contributed by atoms with Gasteiger partial charge >= 0.3 is 0 Å². The third-order valence-electron chi connectivity index (χ3n) is 6.09. The Hall–Kier alpha value is -3.63. The van der Waals surface area contributed by atoms with Gasteiger partial charge in [-0.1, -0.05) is 18.2 Å². The number of nitrogens with one attached hydrogen (secondary N) is 5. The van der Waals surface area contributed by atoms with Gasteiger partial charge in [-0.25, -0.2) is 13.4 Å². The van der Waals surface area contributed by atoms with Gasteiger partial charge in [-0.15, -0.1) is 0 Å². The van der Waals surface area contributed by atoms with Crippen LogP contribution < -0.4 is 20.7 Å². The van der Waals surface area contributed by atoms with Gasteiger partial charge in [-0.3, -0.25) is 9.82 Å². The lowest BCUT2D eigenvalue weighted by Crippen LogP contribution is -2.35. The number of hydrogen-bond acceptors (Lipinski definition) is 7. The number of H-pyrrole nitrogens is 1. The first kappa shape index (κ1) is 23.1. The molecule has 0 unspecified atom stereocenters. The van der Waals surface area contributed by atoms with Crippen LogP contribution >= 0.6 is 0 Å². The average molecular weight is 492 g/mol. The Bertz CT molecular complexity index is 1410. The lowest BCUT2D eigenvalue weighted by molar-refractivity contribution is 0.478. The van der Waals surface area contributed by atoms with Crippen LogP contribution in [0.4, 0.5) is 17.2 Å². The maximum Gasteiger partial charge on any atom is 0.229 e. The number of anilines is 3. The number of nitrogens with zero attached hydrogens (tertiary/aromatic N) is 2. The number of sulfonamides is 1. The number of rotatable bonds is 8. The number of fused-ring (bicyclic) bond motifs is 1. The highest BCUT2D eigenvalue weighted by Crippen LogP contribution is 2.29. The van der Waals surface area contributed by atoms with E-state index >= 15 is 0 Å². The third-order valence-corrected chi connectivity index (χ3v) is 6.68. The highest BCUT2D eigenvalue weighted by Gasteiger charge is 2.14. The van der Waals surface area contributed by atoms with E-state index in [1.807, 2.05) is 54.7 Å². The molecular formula is C25H29N7O2S. The molecule has 3 heterocycles. The molecule has 0 amide bonds. The monoisotopic (exact) mass is 491 g/mol. The van der Waals surface area contributed by atoms with Crippen LogP contribution in [-0.4, -0.2) is 49.0 Å². The Morgan fingerprint density at radius 1 is 1.06 bits per heavy atom. The molecule has 1 aliphatic heterocycles. The largest absolute Gasteiger partial charge is 0.381 e. The van der Waals surface area contributed by atoms with E-state index in [0.29, 0.717) is 18.3 Å². The standard InChI is InChI=1S/C25H29N7O2S/c1-35(33,34)32-22-5-3-2-4-17(22)15-27-20-7-8-23-21(14-20)25(31-30-23)18-6-9-24(28-16-18)29-19-10-12-26-13-11-19/h2-9,14,16,19,26-27,32H,10-13,15H2,1H3,(H,28,29)(H,30,31). The van der Waals surface area contributed by atoms with Crippen LogP contribution in [0.1, 0.15) is 18.4 Å². The van der Waals surface area contributed by atoms with Crippen LogP contribution in [0.2, 0.25) is 0 Å². The van der Waals surface area contributed by atoms with Crippen molar-refractivity contribution >= 4 is 38.1 Å². The van der Waals surface area contributed by atoms with Gasteiger partial charge < -0.3 is 16.0 Å². The number of pyridine rings is 1. The molecule has 0 bridgehead atoms. The summed E-state index contributed by atoms with van der Waals surface area (Å²) in [6.45, 7) is 2.53. The van der Waals surface area contributed by atoms with E-state index < -0.39 is 10.0 Å². The molecule has 1 aliphatic rings. The second kappa shape index (κ2) is 9.93. The van der Waals surface area contributed by atoms with E-state index in [-0.39, 0.29) is 0 Å². The van der Waals surface area contributed by atoms with Crippen molar-refractivity contribution in [3.05, 3.63) is 66.4 Å². The van der Waals surface area contributed by atoms with Gasteiger partial charge in [0.25, 0.3) is 0 Å². The SMILES string of the molecule is CS(=O)(=O)Nc1ccccc1CNc1ccc2[nH]nc(-c3ccc(NC4CCNCC4)nc3)c2c1. The van der Waals surface area contributed by atoms with E-state index in [2.05, 4.69) is 35.9 Å². The molecule has 2 aromatic carbocycles. The molecule has 1 saturated heterocycles. The molecular weight excluding hydrogens is 462 g/mol.